The number of hydrogen-bond acceptors (Lipinski definition) is 6. The highest BCUT2D eigenvalue weighted by Crippen LogP contribution is 2.30. The molecule has 0 aliphatic carbocycles. The van der Waals surface area contributed by atoms with E-state index >= 15 is 0 Å². The van der Waals surface area contributed by atoms with Crippen molar-refractivity contribution in [2.24, 2.45) is 0 Å². The molecule has 1 N–H and O–H groups in total. The van der Waals surface area contributed by atoms with Crippen molar-refractivity contribution < 1.29 is 27.1 Å². The van der Waals surface area contributed by atoms with Gasteiger partial charge in [-0.1, -0.05) is 18.2 Å². The summed E-state index contributed by atoms with van der Waals surface area (Å²) in [5.41, 5.74) is 3.14. The number of furan rings is 1. The molecule has 7 nitrogen and oxygen atoms in total. The van der Waals surface area contributed by atoms with Gasteiger partial charge >= 0.3 is 5.97 Å². The Morgan fingerprint density at radius 2 is 2.07 bits per heavy atom. The van der Waals surface area contributed by atoms with Gasteiger partial charge in [-0.15, -0.1) is 0 Å². The summed E-state index contributed by atoms with van der Waals surface area (Å²) >= 11 is 0. The van der Waals surface area contributed by atoms with Crippen molar-refractivity contribution in [3.8, 4) is 5.75 Å². The number of ether oxygens (including phenoxy) is 2. The fourth-order valence-corrected chi connectivity index (χ4v) is 4.70. The van der Waals surface area contributed by atoms with Gasteiger partial charge in [0.15, 0.2) is 0 Å². The molecule has 0 unspecified atom stereocenters. The third-order valence-electron chi connectivity index (χ3n) is 5.16. The number of para-hydroxylation sites is 1. The molecule has 1 aromatic heterocycles. The van der Waals surface area contributed by atoms with Gasteiger partial charge in [-0.05, 0) is 49.6 Å². The molecule has 1 aliphatic heterocycles. The minimum Gasteiger partial charge on any atom is -0.493 e. The highest BCUT2D eigenvalue weighted by molar-refractivity contribution is 7.89. The van der Waals surface area contributed by atoms with E-state index in [1.807, 2.05) is 18.2 Å². The summed E-state index contributed by atoms with van der Waals surface area (Å²) in [6.45, 7) is 4.56. The first-order valence-corrected chi connectivity index (χ1v) is 11.3. The van der Waals surface area contributed by atoms with E-state index in [-0.39, 0.29) is 23.8 Å². The van der Waals surface area contributed by atoms with Crippen LogP contribution >= 0.6 is 0 Å². The third kappa shape index (κ3) is 3.80. The average molecular weight is 429 g/mol. The van der Waals surface area contributed by atoms with Gasteiger partial charge in [-0.3, -0.25) is 0 Å². The van der Waals surface area contributed by atoms with Gasteiger partial charge in [0, 0.05) is 23.9 Å². The van der Waals surface area contributed by atoms with Crippen molar-refractivity contribution in [1.29, 1.82) is 0 Å². The molecule has 0 atom stereocenters. The van der Waals surface area contributed by atoms with Crippen LogP contribution in [0.5, 0.6) is 5.75 Å². The first kappa shape index (κ1) is 20.4. The molecule has 0 saturated heterocycles. The monoisotopic (exact) mass is 429 g/mol. The van der Waals surface area contributed by atoms with Crippen LogP contribution in [0.3, 0.4) is 0 Å². The van der Waals surface area contributed by atoms with Gasteiger partial charge in [0.25, 0.3) is 0 Å². The molecule has 0 fully saturated rings. The first-order chi connectivity index (χ1) is 14.4. The topological polar surface area (TPSA) is 94.8 Å². The van der Waals surface area contributed by atoms with Crippen LogP contribution in [-0.4, -0.2) is 34.1 Å². The maximum atomic E-state index is 12.8. The second-order valence-corrected chi connectivity index (χ2v) is 8.85. The van der Waals surface area contributed by atoms with Crippen LogP contribution in [0.15, 0.2) is 45.7 Å². The summed E-state index contributed by atoms with van der Waals surface area (Å²) < 4.78 is 44.4. The molecule has 8 heteroatoms. The molecule has 3 aromatic rings. The smallest absolute Gasteiger partial charge is 0.374 e. The minimum absolute atomic E-state index is 0.0901. The maximum absolute atomic E-state index is 12.8. The quantitative estimate of drug-likeness (QED) is 0.579. The molecule has 0 bridgehead atoms. The van der Waals surface area contributed by atoms with E-state index in [2.05, 4.69) is 4.72 Å². The van der Waals surface area contributed by atoms with Gasteiger partial charge in [0.1, 0.15) is 11.3 Å². The number of carbonyl (C=O) groups is 1. The van der Waals surface area contributed by atoms with E-state index in [1.165, 1.54) is 12.1 Å². The summed E-state index contributed by atoms with van der Waals surface area (Å²) in [4.78, 5) is 12.1. The zero-order chi connectivity index (χ0) is 21.3. The Morgan fingerprint density at radius 1 is 1.23 bits per heavy atom. The lowest BCUT2D eigenvalue weighted by Crippen LogP contribution is -2.26. The fraction of sp³-hybridized carbons (Fsp3) is 0.318. The molecule has 4 rings (SSSR count). The van der Waals surface area contributed by atoms with Crippen molar-refractivity contribution >= 4 is 27.0 Å². The van der Waals surface area contributed by atoms with Gasteiger partial charge in [-0.2, -0.15) is 0 Å². The number of esters is 1. The molecule has 2 aromatic carbocycles. The summed E-state index contributed by atoms with van der Waals surface area (Å²) in [5, 5.41) is 0.565. The molecule has 1 aliphatic rings. The largest absolute Gasteiger partial charge is 0.493 e. The highest BCUT2D eigenvalue weighted by atomic mass is 32.2. The third-order valence-corrected chi connectivity index (χ3v) is 6.62. The van der Waals surface area contributed by atoms with E-state index < -0.39 is 16.0 Å². The Kier molecular flexibility index (Phi) is 5.53. The Labute approximate surface area is 175 Å². The molecule has 0 radical (unpaired) electrons. The molecule has 0 saturated carbocycles. The predicted octanol–water partition coefficient (Wildman–Crippen LogP) is 3.37. The number of nitrogens with one attached hydrogen (secondary N) is 1. The SMILES string of the molecule is CCOC(=O)c1oc2ccc(S(=O)(=O)NCCc3cccc4c3OCC4)cc2c1C. The van der Waals surface area contributed by atoms with Crippen molar-refractivity contribution in [3.63, 3.8) is 0 Å². The molecule has 2 heterocycles. The zero-order valence-corrected chi connectivity index (χ0v) is 17.7. The zero-order valence-electron chi connectivity index (χ0n) is 16.9. The fourth-order valence-electron chi connectivity index (χ4n) is 3.64. The normalized spacial score (nSPS) is 13.3. The molecule has 30 heavy (non-hydrogen) atoms. The van der Waals surface area contributed by atoms with Crippen LogP contribution in [0.2, 0.25) is 0 Å². The number of carbonyl (C=O) groups excluding carboxylic acids is 1. The number of sulfonamides is 1. The van der Waals surface area contributed by atoms with Crippen LogP contribution in [0, 0.1) is 6.92 Å². The summed E-state index contributed by atoms with van der Waals surface area (Å²) in [6, 6.07) is 10.5. The lowest BCUT2D eigenvalue weighted by atomic mass is 10.1. The lowest BCUT2D eigenvalue weighted by molar-refractivity contribution is 0.0491. The van der Waals surface area contributed by atoms with Gasteiger partial charge < -0.3 is 13.9 Å². The van der Waals surface area contributed by atoms with Crippen LogP contribution in [0.1, 0.15) is 34.2 Å². The van der Waals surface area contributed by atoms with Gasteiger partial charge in [0.05, 0.1) is 18.1 Å². The number of aryl methyl sites for hydroxylation is 1. The Balaban J connectivity index is 1.52. The number of benzene rings is 2. The van der Waals surface area contributed by atoms with Crippen LogP contribution < -0.4 is 9.46 Å². The summed E-state index contributed by atoms with van der Waals surface area (Å²) in [7, 11) is -3.72. The molecule has 0 spiro atoms. The van der Waals surface area contributed by atoms with E-state index in [1.54, 1.807) is 19.9 Å². The minimum atomic E-state index is -3.72. The average Bonchev–Trinajstić information content (AvgIpc) is 3.33. The lowest BCUT2D eigenvalue weighted by Gasteiger charge is -2.10. The van der Waals surface area contributed by atoms with E-state index in [9.17, 15) is 13.2 Å². The van der Waals surface area contributed by atoms with Crippen molar-refractivity contribution in [3.05, 3.63) is 58.8 Å². The predicted molar refractivity (Wildman–Crippen MR) is 111 cm³/mol. The standard InChI is InChI=1S/C22H23NO6S/c1-3-27-22(24)20-14(2)18-13-17(7-8-19(18)29-20)30(25,26)23-11-9-15-5-4-6-16-10-12-28-21(15)16/h4-8,13,23H,3,9-12H2,1-2H3. The molecular formula is C22H23NO6S. The molecule has 158 valence electrons. The highest BCUT2D eigenvalue weighted by Gasteiger charge is 2.22. The van der Waals surface area contributed by atoms with E-state index in [0.717, 1.165) is 23.3 Å². The van der Waals surface area contributed by atoms with Gasteiger partial charge in [-0.25, -0.2) is 17.9 Å². The van der Waals surface area contributed by atoms with Gasteiger partial charge in [0.2, 0.25) is 15.8 Å². The Morgan fingerprint density at radius 3 is 2.87 bits per heavy atom. The van der Waals surface area contributed by atoms with E-state index in [0.29, 0.717) is 29.6 Å². The number of rotatable bonds is 7. The molecular weight excluding hydrogens is 406 g/mol. The van der Waals surface area contributed by atoms with Crippen molar-refractivity contribution in [2.75, 3.05) is 19.8 Å². The second kappa shape index (κ2) is 8.12. The summed E-state index contributed by atoms with van der Waals surface area (Å²) in [6.07, 6.45) is 1.41. The first-order valence-electron chi connectivity index (χ1n) is 9.84. The second-order valence-electron chi connectivity index (χ2n) is 7.09. The molecule has 0 amide bonds. The van der Waals surface area contributed by atoms with Crippen LogP contribution in [0.4, 0.5) is 0 Å². The number of fused-ring (bicyclic) bond motifs is 2. The number of hydrogen-bond donors (Lipinski definition) is 1. The summed E-state index contributed by atoms with van der Waals surface area (Å²) in [5.74, 6) is 0.400. The maximum Gasteiger partial charge on any atom is 0.374 e. The van der Waals surface area contributed by atoms with Crippen LogP contribution in [0.25, 0.3) is 11.0 Å². The Hall–Kier alpha value is -2.84. The van der Waals surface area contributed by atoms with Crippen molar-refractivity contribution in [2.45, 2.75) is 31.6 Å². The van der Waals surface area contributed by atoms with Crippen molar-refractivity contribution in [1.82, 2.24) is 4.72 Å². The van der Waals surface area contributed by atoms with E-state index in [4.69, 9.17) is 13.9 Å². The Bertz CT molecular complexity index is 1210. The van der Waals surface area contributed by atoms with Crippen LogP contribution in [-0.2, 0) is 27.6 Å².